The highest BCUT2D eigenvalue weighted by molar-refractivity contribution is 7.45. The number of carbonyl (C=O) groups excluding carboxylic acids is 1. The van der Waals surface area contributed by atoms with Crippen LogP contribution < -0.4 is 10.2 Å². The second kappa shape index (κ2) is 64.7. The van der Waals surface area contributed by atoms with E-state index in [4.69, 9.17) is 9.05 Å². The molecule has 0 rings (SSSR count). The molecule has 3 unspecified atom stereocenters. The number of nitrogens with one attached hydrogen (secondary N) is 1. The zero-order valence-electron chi connectivity index (χ0n) is 56.2. The van der Waals surface area contributed by atoms with Crippen LogP contribution in [-0.2, 0) is 18.4 Å². The number of phosphoric ester groups is 1. The number of quaternary nitrogens is 1. The molecule has 0 fully saturated rings. The van der Waals surface area contributed by atoms with Crippen LogP contribution in [0.5, 0.6) is 0 Å². The van der Waals surface area contributed by atoms with Crippen molar-refractivity contribution >= 4 is 13.7 Å². The molecule has 2 N–H and O–H groups in total. The minimum Gasteiger partial charge on any atom is -0.756 e. The van der Waals surface area contributed by atoms with E-state index in [-0.39, 0.29) is 19.1 Å². The zero-order chi connectivity index (χ0) is 59.8. The largest absolute Gasteiger partial charge is 0.756 e. The van der Waals surface area contributed by atoms with E-state index in [1.165, 1.54) is 340 Å². The van der Waals surface area contributed by atoms with E-state index in [1.807, 2.05) is 27.2 Å². The maximum absolute atomic E-state index is 13.1. The van der Waals surface area contributed by atoms with Gasteiger partial charge >= 0.3 is 0 Å². The smallest absolute Gasteiger partial charge is 0.268 e. The molecule has 82 heavy (non-hydrogen) atoms. The molecule has 0 spiro atoms. The number of amides is 1. The van der Waals surface area contributed by atoms with Gasteiger partial charge in [-0.3, -0.25) is 9.36 Å². The van der Waals surface area contributed by atoms with E-state index in [9.17, 15) is 19.4 Å². The van der Waals surface area contributed by atoms with Crippen molar-refractivity contribution in [2.75, 3.05) is 40.9 Å². The van der Waals surface area contributed by atoms with Gasteiger partial charge in [0.2, 0.25) is 5.91 Å². The van der Waals surface area contributed by atoms with Gasteiger partial charge in [0.15, 0.2) is 0 Å². The van der Waals surface area contributed by atoms with Crippen LogP contribution in [0.1, 0.15) is 399 Å². The number of carbonyl (C=O) groups is 1. The van der Waals surface area contributed by atoms with Crippen molar-refractivity contribution in [2.24, 2.45) is 0 Å². The number of aliphatic hydroxyl groups is 1. The van der Waals surface area contributed by atoms with Crippen LogP contribution in [0.4, 0.5) is 0 Å². The van der Waals surface area contributed by atoms with Gasteiger partial charge in [-0.1, -0.05) is 386 Å². The van der Waals surface area contributed by atoms with Crippen LogP contribution in [-0.4, -0.2) is 68.5 Å². The first-order valence-electron chi connectivity index (χ1n) is 37.1. The number of rotatable bonds is 70. The minimum absolute atomic E-state index is 0.00306. The Kier molecular flexibility index (Phi) is 64.1. The molecule has 8 nitrogen and oxygen atoms in total. The van der Waals surface area contributed by atoms with Crippen molar-refractivity contribution in [3.05, 3.63) is 12.2 Å². The van der Waals surface area contributed by atoms with Crippen LogP contribution in [0, 0.1) is 0 Å². The van der Waals surface area contributed by atoms with Gasteiger partial charge in [-0.05, 0) is 19.3 Å². The fourth-order valence-corrected chi connectivity index (χ4v) is 12.5. The molecular formula is C73H147N2O6P. The van der Waals surface area contributed by atoms with Gasteiger partial charge < -0.3 is 28.8 Å². The predicted molar refractivity (Wildman–Crippen MR) is 358 cm³/mol. The van der Waals surface area contributed by atoms with Crippen LogP contribution in [0.3, 0.4) is 0 Å². The standard InChI is InChI=1S/C73H147N2O6P/c1-6-8-10-12-14-16-18-20-22-24-26-28-30-32-34-35-36-37-38-39-40-41-43-45-47-49-51-53-55-57-59-61-63-65-67-73(77)74-71(70-81-82(78,79)80-69-68-75(3,4)5)72(76)66-64-62-60-58-56-54-52-50-48-46-44-42-33-31-29-27-25-23-21-19-17-15-13-11-9-7-2/h64,66,71-72,76H,6-63,65,67-70H2,1-5H3,(H-,74,77,78,79)/b66-64+. The summed E-state index contributed by atoms with van der Waals surface area (Å²) in [6, 6.07) is -0.884. The van der Waals surface area contributed by atoms with Crippen molar-refractivity contribution < 1.29 is 32.9 Å². The molecule has 490 valence electrons. The first kappa shape index (κ1) is 81.2. The molecule has 0 saturated carbocycles. The van der Waals surface area contributed by atoms with Crippen molar-refractivity contribution in [1.82, 2.24) is 5.32 Å². The fourth-order valence-electron chi connectivity index (χ4n) is 11.7. The number of unbranched alkanes of at least 4 members (excludes halogenated alkanes) is 57. The molecule has 1 amide bonds. The van der Waals surface area contributed by atoms with E-state index >= 15 is 0 Å². The molecule has 0 aliphatic heterocycles. The Morgan fingerprint density at radius 1 is 0.415 bits per heavy atom. The monoisotopic (exact) mass is 1180 g/mol. The highest BCUT2D eigenvalue weighted by Crippen LogP contribution is 2.38. The van der Waals surface area contributed by atoms with Crippen molar-refractivity contribution in [1.29, 1.82) is 0 Å². The molecule has 0 saturated heterocycles. The second-order valence-electron chi connectivity index (χ2n) is 27.0. The number of allylic oxidation sites excluding steroid dienone is 1. The summed E-state index contributed by atoms with van der Waals surface area (Å²) >= 11 is 0. The molecule has 0 heterocycles. The lowest BCUT2D eigenvalue weighted by atomic mass is 10.0. The van der Waals surface area contributed by atoms with Gasteiger partial charge in [-0.25, -0.2) is 0 Å². The van der Waals surface area contributed by atoms with E-state index < -0.39 is 20.0 Å². The van der Waals surface area contributed by atoms with E-state index in [2.05, 4.69) is 19.2 Å². The molecule has 0 aromatic rings. The molecule has 9 heteroatoms. The summed E-state index contributed by atoms with van der Waals surface area (Å²) in [7, 11) is 1.29. The lowest BCUT2D eigenvalue weighted by Crippen LogP contribution is -2.45. The zero-order valence-corrected chi connectivity index (χ0v) is 57.1. The lowest BCUT2D eigenvalue weighted by molar-refractivity contribution is -0.870. The molecule has 0 bridgehead atoms. The maximum Gasteiger partial charge on any atom is 0.268 e. The van der Waals surface area contributed by atoms with Gasteiger partial charge in [0.05, 0.1) is 39.9 Å². The normalized spacial score (nSPS) is 13.6. The average Bonchev–Trinajstić information content (AvgIpc) is 3.45. The summed E-state index contributed by atoms with van der Waals surface area (Å²) in [5, 5.41) is 14.0. The Hall–Kier alpha value is -0.760. The maximum atomic E-state index is 13.1. The molecule has 0 aromatic heterocycles. The van der Waals surface area contributed by atoms with Crippen LogP contribution in [0.15, 0.2) is 12.2 Å². The molecule has 0 radical (unpaired) electrons. The van der Waals surface area contributed by atoms with Gasteiger partial charge in [-0.15, -0.1) is 0 Å². The molecular weight excluding hydrogens is 1030 g/mol. The summed E-state index contributed by atoms with van der Waals surface area (Å²) in [5.74, 6) is -0.186. The number of nitrogens with zero attached hydrogens (tertiary/aromatic N) is 1. The van der Waals surface area contributed by atoms with Gasteiger partial charge in [-0.2, -0.15) is 0 Å². The number of hydrogen-bond acceptors (Lipinski definition) is 6. The third-order valence-electron chi connectivity index (χ3n) is 17.5. The fraction of sp³-hybridized carbons (Fsp3) is 0.959. The highest BCUT2D eigenvalue weighted by Gasteiger charge is 2.23. The molecule has 0 aromatic carbocycles. The van der Waals surface area contributed by atoms with E-state index in [1.54, 1.807) is 6.08 Å². The van der Waals surface area contributed by atoms with E-state index in [0.717, 1.165) is 38.5 Å². The topological polar surface area (TPSA) is 108 Å². The number of phosphoric acid groups is 1. The summed E-state index contributed by atoms with van der Waals surface area (Å²) in [6.07, 6.45) is 83.6. The summed E-state index contributed by atoms with van der Waals surface area (Å²) in [4.78, 5) is 25.7. The summed E-state index contributed by atoms with van der Waals surface area (Å²) in [6.45, 7) is 4.73. The van der Waals surface area contributed by atoms with Crippen LogP contribution in [0.2, 0.25) is 0 Å². The Bertz CT molecular complexity index is 1340. The van der Waals surface area contributed by atoms with Crippen molar-refractivity contribution in [2.45, 2.75) is 411 Å². The average molecular weight is 1180 g/mol. The quantitative estimate of drug-likeness (QED) is 0.0272. The lowest BCUT2D eigenvalue weighted by Gasteiger charge is -2.29. The highest BCUT2D eigenvalue weighted by atomic mass is 31.2. The van der Waals surface area contributed by atoms with E-state index in [0.29, 0.717) is 17.4 Å². The molecule has 3 atom stereocenters. The van der Waals surface area contributed by atoms with Crippen molar-refractivity contribution in [3.8, 4) is 0 Å². The molecule has 0 aliphatic carbocycles. The third kappa shape index (κ3) is 66.8. The minimum atomic E-state index is -4.60. The number of hydrogen-bond donors (Lipinski definition) is 2. The Morgan fingerprint density at radius 2 is 0.659 bits per heavy atom. The summed E-state index contributed by atoms with van der Waals surface area (Å²) < 4.78 is 23.5. The Labute approximate surface area is 513 Å². The number of likely N-dealkylation sites (N-methyl/N-ethyl adjacent to an activating group) is 1. The van der Waals surface area contributed by atoms with Crippen molar-refractivity contribution in [3.63, 3.8) is 0 Å². The van der Waals surface area contributed by atoms with Gasteiger partial charge in [0.1, 0.15) is 13.2 Å². The second-order valence-corrected chi connectivity index (χ2v) is 28.4. The Balaban J connectivity index is 3.97. The Morgan fingerprint density at radius 3 is 0.915 bits per heavy atom. The predicted octanol–water partition coefficient (Wildman–Crippen LogP) is 23.0. The number of aliphatic hydroxyl groups excluding tert-OH is 1. The van der Waals surface area contributed by atoms with Crippen LogP contribution >= 0.6 is 7.82 Å². The SMILES string of the molecule is CCCCCCCCCCCCCCCCCCCCCCCCCC/C=C/C(O)C(COP(=O)([O-])OCC[N+](C)(C)C)NC(=O)CCCCCCCCCCCCCCCCCCCCCCCCCCCCCCCCCCCC. The van der Waals surface area contributed by atoms with Crippen LogP contribution in [0.25, 0.3) is 0 Å². The molecule has 0 aliphatic rings. The van der Waals surface area contributed by atoms with Gasteiger partial charge in [0, 0.05) is 6.42 Å². The first-order chi connectivity index (χ1) is 40.0. The first-order valence-corrected chi connectivity index (χ1v) is 38.5. The van der Waals surface area contributed by atoms with Gasteiger partial charge in [0.25, 0.3) is 7.82 Å². The summed E-state index contributed by atoms with van der Waals surface area (Å²) in [5.41, 5.74) is 0. The third-order valence-corrected chi connectivity index (χ3v) is 18.5.